The zero-order chi connectivity index (χ0) is 15.4. The summed E-state index contributed by atoms with van der Waals surface area (Å²) in [7, 11) is 2.11. The predicted octanol–water partition coefficient (Wildman–Crippen LogP) is 4.33. The lowest BCUT2D eigenvalue weighted by atomic mass is 9.86. The van der Waals surface area contributed by atoms with Crippen LogP contribution in [0, 0.1) is 5.92 Å². The zero-order valence-electron chi connectivity index (χ0n) is 13.9. The van der Waals surface area contributed by atoms with Crippen LogP contribution in [0.4, 0.5) is 0 Å². The smallest absolute Gasteiger partial charge is 0.179 e. The van der Waals surface area contributed by atoms with Gasteiger partial charge in [0.25, 0.3) is 0 Å². The van der Waals surface area contributed by atoms with Gasteiger partial charge in [0.05, 0.1) is 6.04 Å². The maximum atomic E-state index is 12.7. The van der Waals surface area contributed by atoms with E-state index in [1.165, 1.54) is 31.2 Å². The summed E-state index contributed by atoms with van der Waals surface area (Å²) in [6.45, 7) is 6.52. The van der Waals surface area contributed by atoms with Crippen molar-refractivity contribution in [3.05, 3.63) is 35.4 Å². The second-order valence-corrected chi connectivity index (χ2v) is 6.67. The average Bonchev–Trinajstić information content (AvgIpc) is 2.53. The highest BCUT2D eigenvalue weighted by Crippen LogP contribution is 2.28. The van der Waals surface area contributed by atoms with Gasteiger partial charge in [0.15, 0.2) is 5.78 Å². The van der Waals surface area contributed by atoms with E-state index >= 15 is 0 Å². The molecule has 2 nitrogen and oxygen atoms in total. The Bertz CT molecular complexity index is 457. The van der Waals surface area contributed by atoms with E-state index in [1.807, 2.05) is 19.1 Å². The number of ketones is 1. The average molecular weight is 287 g/mol. The number of hydrogen-bond donors (Lipinski definition) is 0. The Kier molecular flexibility index (Phi) is 5.58. The first kappa shape index (κ1) is 16.2. The topological polar surface area (TPSA) is 20.3 Å². The summed E-state index contributed by atoms with van der Waals surface area (Å²) in [4.78, 5) is 14.9. The lowest BCUT2D eigenvalue weighted by Crippen LogP contribution is -2.44. The number of Topliss-reactive ketones (excluding diaryl/α,β-unsaturated/α-hetero) is 1. The van der Waals surface area contributed by atoms with Gasteiger partial charge < -0.3 is 0 Å². The van der Waals surface area contributed by atoms with E-state index < -0.39 is 0 Å². The number of likely N-dealkylation sites (N-methyl/N-ethyl adjacent to an activating group) is 1. The summed E-state index contributed by atoms with van der Waals surface area (Å²) < 4.78 is 0. The second-order valence-electron chi connectivity index (χ2n) is 6.67. The third-order valence-electron chi connectivity index (χ3n) is 5.20. The molecule has 1 saturated carbocycles. The molecular formula is C19H29NO. The monoisotopic (exact) mass is 287 g/mol. The summed E-state index contributed by atoms with van der Waals surface area (Å²) in [5.74, 6) is 1.10. The van der Waals surface area contributed by atoms with Crippen LogP contribution in [0.2, 0.25) is 0 Å². The van der Waals surface area contributed by atoms with Gasteiger partial charge in [-0.15, -0.1) is 0 Å². The van der Waals surface area contributed by atoms with E-state index in [9.17, 15) is 4.79 Å². The van der Waals surface area contributed by atoms with Crippen molar-refractivity contribution < 1.29 is 4.79 Å². The third-order valence-corrected chi connectivity index (χ3v) is 5.20. The number of nitrogens with zero attached hydrogens (tertiary/aromatic N) is 1. The molecule has 0 aromatic heterocycles. The van der Waals surface area contributed by atoms with Crippen LogP contribution in [0.5, 0.6) is 0 Å². The fraction of sp³-hybridized carbons (Fsp3) is 0.632. The van der Waals surface area contributed by atoms with Gasteiger partial charge in [0.2, 0.25) is 0 Å². The molecule has 1 fully saturated rings. The highest BCUT2D eigenvalue weighted by molar-refractivity contribution is 5.99. The molecule has 0 heterocycles. The summed E-state index contributed by atoms with van der Waals surface area (Å²) in [5.41, 5.74) is 2.13. The largest absolute Gasteiger partial charge is 0.294 e. The molecule has 1 atom stereocenters. The number of carbonyl (C=O) groups excluding carboxylic acids is 1. The molecule has 0 aliphatic heterocycles. The standard InChI is InChI=1S/C19H29NO/c1-5-16-8-10-17(11-9-16)19(21)15(3)20(4)18-12-6-14(2)7-13-18/h8-11,14-15,18H,5-7,12-13H2,1-4H3. The maximum absolute atomic E-state index is 12.7. The van der Waals surface area contributed by atoms with Crippen molar-refractivity contribution in [3.63, 3.8) is 0 Å². The highest BCUT2D eigenvalue weighted by atomic mass is 16.1. The first-order valence-electron chi connectivity index (χ1n) is 8.38. The molecule has 2 rings (SSSR count). The molecular weight excluding hydrogens is 258 g/mol. The van der Waals surface area contributed by atoms with Gasteiger partial charge in [0.1, 0.15) is 0 Å². The molecule has 0 radical (unpaired) electrons. The number of carbonyl (C=O) groups is 1. The molecule has 0 N–H and O–H groups in total. The van der Waals surface area contributed by atoms with Crippen molar-refractivity contribution in [1.82, 2.24) is 4.90 Å². The molecule has 21 heavy (non-hydrogen) atoms. The molecule has 0 bridgehead atoms. The number of benzene rings is 1. The quantitative estimate of drug-likeness (QED) is 0.751. The summed E-state index contributed by atoms with van der Waals surface area (Å²) in [5, 5.41) is 0. The van der Waals surface area contributed by atoms with Crippen molar-refractivity contribution in [2.45, 2.75) is 65.0 Å². The van der Waals surface area contributed by atoms with Crippen LogP contribution in [0.1, 0.15) is 62.4 Å². The molecule has 1 aliphatic rings. The fourth-order valence-corrected chi connectivity index (χ4v) is 3.30. The van der Waals surface area contributed by atoms with E-state index in [4.69, 9.17) is 0 Å². The summed E-state index contributed by atoms with van der Waals surface area (Å²) in [6, 6.07) is 8.64. The van der Waals surface area contributed by atoms with Crippen molar-refractivity contribution in [3.8, 4) is 0 Å². The predicted molar refractivity (Wildman–Crippen MR) is 88.8 cm³/mol. The molecule has 0 saturated heterocycles. The van der Waals surface area contributed by atoms with E-state index in [0.29, 0.717) is 6.04 Å². The van der Waals surface area contributed by atoms with Gasteiger partial charge in [0, 0.05) is 11.6 Å². The first-order valence-corrected chi connectivity index (χ1v) is 8.38. The van der Waals surface area contributed by atoms with Crippen LogP contribution in [0.3, 0.4) is 0 Å². The second kappa shape index (κ2) is 7.22. The summed E-state index contributed by atoms with van der Waals surface area (Å²) >= 11 is 0. The molecule has 1 aromatic carbocycles. The van der Waals surface area contributed by atoms with Crippen molar-refractivity contribution in [1.29, 1.82) is 0 Å². The maximum Gasteiger partial charge on any atom is 0.179 e. The number of rotatable bonds is 5. The van der Waals surface area contributed by atoms with E-state index in [2.05, 4.69) is 37.9 Å². The molecule has 1 unspecified atom stereocenters. The summed E-state index contributed by atoms with van der Waals surface area (Å²) in [6.07, 6.45) is 6.06. The van der Waals surface area contributed by atoms with Crippen LogP contribution in [-0.2, 0) is 6.42 Å². The van der Waals surface area contributed by atoms with E-state index in [1.54, 1.807) is 0 Å². The number of aryl methyl sites for hydroxylation is 1. The minimum absolute atomic E-state index is 0.0316. The molecule has 116 valence electrons. The van der Waals surface area contributed by atoms with Gasteiger partial charge in [-0.05, 0) is 57.6 Å². The van der Waals surface area contributed by atoms with Crippen LogP contribution < -0.4 is 0 Å². The Balaban J connectivity index is 2.00. The van der Waals surface area contributed by atoms with Crippen molar-refractivity contribution >= 4 is 5.78 Å². The lowest BCUT2D eigenvalue weighted by Gasteiger charge is -2.36. The SMILES string of the molecule is CCc1ccc(C(=O)C(C)N(C)C2CCC(C)CC2)cc1. The molecule has 1 aromatic rings. The molecule has 1 aliphatic carbocycles. The Morgan fingerprint density at radius 1 is 1.19 bits per heavy atom. The van der Waals surface area contributed by atoms with E-state index in [0.717, 1.165) is 17.9 Å². The molecule has 0 amide bonds. The van der Waals surface area contributed by atoms with Crippen LogP contribution >= 0.6 is 0 Å². The zero-order valence-corrected chi connectivity index (χ0v) is 13.9. The lowest BCUT2D eigenvalue weighted by molar-refractivity contribution is 0.0758. The van der Waals surface area contributed by atoms with Gasteiger partial charge in [-0.2, -0.15) is 0 Å². The van der Waals surface area contributed by atoms with E-state index in [-0.39, 0.29) is 11.8 Å². The molecule has 2 heteroatoms. The Morgan fingerprint density at radius 3 is 2.29 bits per heavy atom. The fourth-order valence-electron chi connectivity index (χ4n) is 3.30. The molecule has 0 spiro atoms. The van der Waals surface area contributed by atoms with Crippen LogP contribution in [0.25, 0.3) is 0 Å². The normalized spacial score (nSPS) is 24.0. The Morgan fingerprint density at radius 2 is 1.76 bits per heavy atom. The van der Waals surface area contributed by atoms with Crippen LogP contribution in [-0.4, -0.2) is 29.8 Å². The Hall–Kier alpha value is -1.15. The number of hydrogen-bond acceptors (Lipinski definition) is 2. The van der Waals surface area contributed by atoms with Crippen molar-refractivity contribution in [2.75, 3.05) is 7.05 Å². The highest BCUT2D eigenvalue weighted by Gasteiger charge is 2.28. The van der Waals surface area contributed by atoms with Gasteiger partial charge in [-0.1, -0.05) is 38.1 Å². The Labute approximate surface area is 129 Å². The minimum Gasteiger partial charge on any atom is -0.294 e. The van der Waals surface area contributed by atoms with Gasteiger partial charge >= 0.3 is 0 Å². The van der Waals surface area contributed by atoms with Crippen molar-refractivity contribution in [2.24, 2.45) is 5.92 Å². The van der Waals surface area contributed by atoms with Crippen LogP contribution in [0.15, 0.2) is 24.3 Å². The third kappa shape index (κ3) is 3.94. The minimum atomic E-state index is -0.0316. The van der Waals surface area contributed by atoms with Gasteiger partial charge in [-0.3, -0.25) is 9.69 Å². The first-order chi connectivity index (χ1) is 10.0. The van der Waals surface area contributed by atoms with Gasteiger partial charge in [-0.25, -0.2) is 0 Å².